The Kier molecular flexibility index (Phi) is 10.5. The Morgan fingerprint density at radius 2 is 1.65 bits per heavy atom. The van der Waals surface area contributed by atoms with E-state index in [1.54, 1.807) is 19.1 Å². The summed E-state index contributed by atoms with van der Waals surface area (Å²) < 4.78 is 34.1. The van der Waals surface area contributed by atoms with E-state index in [-0.39, 0.29) is 28.7 Å². The topological polar surface area (TPSA) is 139 Å². The van der Waals surface area contributed by atoms with Crippen molar-refractivity contribution in [3.63, 3.8) is 0 Å². The summed E-state index contributed by atoms with van der Waals surface area (Å²) in [6.45, 7) is 8.07. The van der Waals surface area contributed by atoms with Crippen molar-refractivity contribution in [2.24, 2.45) is 0 Å². The van der Waals surface area contributed by atoms with E-state index >= 15 is 0 Å². The molecule has 11 nitrogen and oxygen atoms in total. The fourth-order valence-corrected chi connectivity index (χ4v) is 5.83. The maximum Gasteiger partial charge on any atom is 0.273 e. The third-order valence-electron chi connectivity index (χ3n) is 6.75. The molecular formula is C31H38N4O7S. The number of amides is 2. The summed E-state index contributed by atoms with van der Waals surface area (Å²) in [4.78, 5) is 39.1. The zero-order chi connectivity index (χ0) is 31.9. The molecule has 12 heteroatoms. The van der Waals surface area contributed by atoms with E-state index < -0.39 is 39.0 Å². The van der Waals surface area contributed by atoms with Crippen LogP contribution in [0.1, 0.15) is 38.8 Å². The maximum atomic E-state index is 14.0. The van der Waals surface area contributed by atoms with Crippen LogP contribution in [0.15, 0.2) is 77.7 Å². The molecule has 3 rings (SSSR count). The van der Waals surface area contributed by atoms with Gasteiger partial charge in [-0.3, -0.25) is 24.0 Å². The molecule has 2 amide bonds. The molecule has 0 fully saturated rings. The van der Waals surface area contributed by atoms with Gasteiger partial charge in [-0.25, -0.2) is 8.42 Å². The minimum atomic E-state index is -4.48. The van der Waals surface area contributed by atoms with Gasteiger partial charge in [-0.05, 0) is 76.9 Å². The molecule has 0 unspecified atom stereocenters. The van der Waals surface area contributed by atoms with Crippen LogP contribution in [0.3, 0.4) is 0 Å². The minimum Gasteiger partial charge on any atom is -0.497 e. The fraction of sp³-hybridized carbons (Fsp3) is 0.355. The summed E-state index contributed by atoms with van der Waals surface area (Å²) >= 11 is 0. The van der Waals surface area contributed by atoms with Crippen LogP contribution in [0.4, 0.5) is 11.4 Å². The van der Waals surface area contributed by atoms with Gasteiger partial charge in [0.1, 0.15) is 18.3 Å². The lowest BCUT2D eigenvalue weighted by Crippen LogP contribution is -2.55. The molecule has 3 aromatic carbocycles. The van der Waals surface area contributed by atoms with Gasteiger partial charge in [0.05, 0.1) is 22.6 Å². The third-order valence-corrected chi connectivity index (χ3v) is 8.52. The van der Waals surface area contributed by atoms with Gasteiger partial charge >= 0.3 is 0 Å². The number of ether oxygens (including phenoxy) is 1. The van der Waals surface area contributed by atoms with Crippen LogP contribution in [0.25, 0.3) is 0 Å². The van der Waals surface area contributed by atoms with Crippen LogP contribution in [0.2, 0.25) is 0 Å². The molecule has 0 heterocycles. The van der Waals surface area contributed by atoms with E-state index in [0.717, 1.165) is 15.9 Å². The number of nitrogens with one attached hydrogen (secondary N) is 1. The molecule has 1 N–H and O–H groups in total. The van der Waals surface area contributed by atoms with E-state index in [1.165, 1.54) is 43.2 Å². The number of benzene rings is 3. The van der Waals surface area contributed by atoms with Crippen LogP contribution in [-0.2, 0) is 26.0 Å². The molecule has 0 radical (unpaired) electrons. The van der Waals surface area contributed by atoms with Crippen LogP contribution >= 0.6 is 0 Å². The van der Waals surface area contributed by atoms with E-state index in [2.05, 4.69) is 5.32 Å². The Balaban J connectivity index is 2.05. The number of carbonyl (C=O) groups excluding carboxylic acids is 2. The second-order valence-electron chi connectivity index (χ2n) is 11.2. The second kappa shape index (κ2) is 13.7. The highest BCUT2D eigenvalue weighted by Crippen LogP contribution is 2.29. The highest BCUT2D eigenvalue weighted by Gasteiger charge is 2.34. The van der Waals surface area contributed by atoms with Gasteiger partial charge in [0, 0.05) is 23.7 Å². The van der Waals surface area contributed by atoms with Crippen molar-refractivity contribution in [3.8, 4) is 5.75 Å². The number of carbonyl (C=O) groups is 2. The summed E-state index contributed by atoms with van der Waals surface area (Å²) in [7, 11) is -3.01. The molecule has 0 aromatic heterocycles. The summed E-state index contributed by atoms with van der Waals surface area (Å²) in [6, 6.07) is 18.2. The molecular weight excluding hydrogens is 572 g/mol. The molecule has 3 aromatic rings. The SMILES string of the molecule is COc1ccc(N(CC(=O)N(CCc2ccccc2)[C@@H](C)C(=O)NC(C)(C)C)S(=O)(=O)c2ccc(C)c([N+](=O)[O-])c2)cc1. The number of nitro benzene ring substituents is 1. The van der Waals surface area contributed by atoms with E-state index in [9.17, 15) is 28.1 Å². The smallest absolute Gasteiger partial charge is 0.273 e. The van der Waals surface area contributed by atoms with Gasteiger partial charge in [0.25, 0.3) is 15.7 Å². The normalized spacial score (nSPS) is 12.2. The highest BCUT2D eigenvalue weighted by molar-refractivity contribution is 7.92. The number of anilines is 1. The average Bonchev–Trinajstić information content (AvgIpc) is 2.95. The molecule has 0 spiro atoms. The first kappa shape index (κ1) is 33.1. The number of methoxy groups -OCH3 is 1. The molecule has 0 aliphatic rings. The first-order chi connectivity index (χ1) is 20.1. The second-order valence-corrected chi connectivity index (χ2v) is 13.0. The molecule has 1 atom stereocenters. The van der Waals surface area contributed by atoms with Crippen LogP contribution in [-0.4, -0.2) is 61.8 Å². The van der Waals surface area contributed by atoms with Gasteiger partial charge in [0.2, 0.25) is 11.8 Å². The highest BCUT2D eigenvalue weighted by atomic mass is 32.2. The lowest BCUT2D eigenvalue weighted by Gasteiger charge is -2.33. The van der Waals surface area contributed by atoms with Crippen LogP contribution in [0, 0.1) is 17.0 Å². The number of nitrogens with zero attached hydrogens (tertiary/aromatic N) is 3. The average molecular weight is 611 g/mol. The zero-order valence-electron chi connectivity index (χ0n) is 25.2. The van der Waals surface area contributed by atoms with Crippen LogP contribution < -0.4 is 14.4 Å². The predicted molar refractivity (Wildman–Crippen MR) is 165 cm³/mol. The maximum absolute atomic E-state index is 14.0. The lowest BCUT2D eigenvalue weighted by atomic mass is 10.1. The predicted octanol–water partition coefficient (Wildman–Crippen LogP) is 4.48. The molecule has 230 valence electrons. The number of hydrogen-bond donors (Lipinski definition) is 1. The van der Waals surface area contributed by atoms with Gasteiger partial charge in [-0.15, -0.1) is 0 Å². The van der Waals surface area contributed by atoms with Gasteiger partial charge in [-0.1, -0.05) is 36.4 Å². The van der Waals surface area contributed by atoms with Crippen molar-refractivity contribution in [2.75, 3.05) is 24.5 Å². The van der Waals surface area contributed by atoms with Gasteiger partial charge < -0.3 is 15.0 Å². The Labute approximate surface area is 252 Å². The monoisotopic (exact) mass is 610 g/mol. The van der Waals surface area contributed by atoms with Crippen molar-refractivity contribution >= 4 is 33.2 Å². The standard InChI is InChI=1S/C31H38N4O7S/c1-22-12-17-27(20-28(22)35(38)39)43(40,41)34(25-13-15-26(42-6)16-14-25)21-29(36)33(19-18-24-10-8-7-9-11-24)23(2)30(37)32-31(3,4)5/h7-17,20,23H,18-19,21H2,1-6H3,(H,32,37)/t23-/m0/s1. The number of rotatable bonds is 12. The Morgan fingerprint density at radius 3 is 2.21 bits per heavy atom. The Morgan fingerprint density at radius 1 is 1.02 bits per heavy atom. The largest absolute Gasteiger partial charge is 0.497 e. The van der Waals surface area contributed by atoms with Gasteiger partial charge in [-0.2, -0.15) is 0 Å². The lowest BCUT2D eigenvalue weighted by molar-refractivity contribution is -0.385. The van der Waals surface area contributed by atoms with Crippen molar-refractivity contribution in [1.29, 1.82) is 0 Å². The molecule has 43 heavy (non-hydrogen) atoms. The van der Waals surface area contributed by atoms with Gasteiger partial charge in [0.15, 0.2) is 0 Å². The molecule has 0 aliphatic carbocycles. The van der Waals surface area contributed by atoms with E-state index in [0.29, 0.717) is 17.7 Å². The quantitative estimate of drug-likeness (QED) is 0.236. The Bertz CT molecular complexity index is 1550. The minimum absolute atomic E-state index is 0.146. The summed E-state index contributed by atoms with van der Waals surface area (Å²) in [5.41, 5.74) is 0.460. The number of nitro groups is 1. The van der Waals surface area contributed by atoms with Crippen molar-refractivity contribution in [2.45, 2.75) is 57.5 Å². The molecule has 0 aliphatic heterocycles. The van der Waals surface area contributed by atoms with E-state index in [1.807, 2.05) is 51.1 Å². The number of sulfonamides is 1. The first-order valence-corrected chi connectivity index (χ1v) is 15.2. The summed E-state index contributed by atoms with van der Waals surface area (Å²) in [5.74, 6) is -0.536. The van der Waals surface area contributed by atoms with Crippen molar-refractivity contribution in [3.05, 3.63) is 94.0 Å². The first-order valence-electron chi connectivity index (χ1n) is 13.7. The molecule has 0 saturated carbocycles. The summed E-state index contributed by atoms with van der Waals surface area (Å²) in [5, 5.41) is 14.5. The summed E-state index contributed by atoms with van der Waals surface area (Å²) in [6.07, 6.45) is 0.430. The molecule has 0 bridgehead atoms. The third kappa shape index (κ3) is 8.54. The van der Waals surface area contributed by atoms with Crippen LogP contribution in [0.5, 0.6) is 5.75 Å². The number of hydrogen-bond acceptors (Lipinski definition) is 7. The Hall–Kier alpha value is -4.45. The number of aryl methyl sites for hydroxylation is 1. The zero-order valence-corrected chi connectivity index (χ0v) is 26.1. The molecule has 0 saturated heterocycles. The van der Waals surface area contributed by atoms with E-state index in [4.69, 9.17) is 4.74 Å². The fourth-order valence-electron chi connectivity index (χ4n) is 4.39. The van der Waals surface area contributed by atoms with Crippen molar-refractivity contribution < 1.29 is 27.7 Å². The van der Waals surface area contributed by atoms with Crippen molar-refractivity contribution in [1.82, 2.24) is 10.2 Å².